The first kappa shape index (κ1) is 23.2. The van der Waals surface area contributed by atoms with Gasteiger partial charge in [-0.2, -0.15) is 0 Å². The van der Waals surface area contributed by atoms with Crippen molar-refractivity contribution in [1.82, 2.24) is 9.62 Å². The molecule has 0 aromatic heterocycles. The Hall–Kier alpha value is -2.45. The largest absolute Gasteiger partial charge is 0.494 e. The first-order valence-corrected chi connectivity index (χ1v) is 12.0. The van der Waals surface area contributed by atoms with E-state index in [2.05, 4.69) is 5.32 Å². The number of sulfonamides is 1. The number of rotatable bonds is 7. The van der Waals surface area contributed by atoms with E-state index in [-0.39, 0.29) is 30.5 Å². The molecule has 1 saturated heterocycles. The molecule has 2 aromatic rings. The number of nitrogens with zero attached hydrogens (tertiary/aromatic N) is 1. The van der Waals surface area contributed by atoms with E-state index < -0.39 is 27.3 Å². The smallest absolute Gasteiger partial charge is 0.231 e. The molecule has 8 heteroatoms. The molecule has 2 aromatic carbocycles. The van der Waals surface area contributed by atoms with E-state index in [1.165, 1.54) is 23.5 Å². The fourth-order valence-corrected chi connectivity index (χ4v) is 5.21. The average molecular weight is 449 g/mol. The van der Waals surface area contributed by atoms with Gasteiger partial charge in [-0.3, -0.25) is 4.79 Å². The minimum absolute atomic E-state index is 0.0393. The summed E-state index contributed by atoms with van der Waals surface area (Å²) in [4.78, 5) is 13.5. The number of hydrogen-bond donors (Lipinski definition) is 1. The standard InChI is InChI=1S/C23H29FN2O4S/c1-4-31(28,29)26-14-12-23(13-15-26,19-8-6-5-7-9-19)22(27)25-17(2)18-10-11-21(30-3)20(24)16-18/h5-11,16-17H,4,12-15H2,1-3H3,(H,25,27). The van der Waals surface area contributed by atoms with Crippen molar-refractivity contribution in [1.29, 1.82) is 0 Å². The molecule has 3 rings (SSSR count). The maximum atomic E-state index is 14.1. The predicted octanol–water partition coefficient (Wildman–Crippen LogP) is 3.40. The van der Waals surface area contributed by atoms with E-state index in [1.54, 1.807) is 19.9 Å². The van der Waals surface area contributed by atoms with Crippen LogP contribution in [0.25, 0.3) is 0 Å². The van der Waals surface area contributed by atoms with Gasteiger partial charge in [0.1, 0.15) is 0 Å². The molecule has 1 heterocycles. The first-order chi connectivity index (χ1) is 14.7. The summed E-state index contributed by atoms with van der Waals surface area (Å²) in [6, 6.07) is 13.6. The Bertz CT molecular complexity index is 1020. The van der Waals surface area contributed by atoms with Crippen molar-refractivity contribution < 1.29 is 22.3 Å². The second-order valence-corrected chi connectivity index (χ2v) is 10.1. The number of nitrogens with one attached hydrogen (secondary N) is 1. The van der Waals surface area contributed by atoms with Gasteiger partial charge in [-0.1, -0.05) is 36.4 Å². The maximum Gasteiger partial charge on any atom is 0.231 e. The number of halogens is 1. The Morgan fingerprint density at radius 3 is 2.39 bits per heavy atom. The molecule has 0 aliphatic carbocycles. The van der Waals surface area contributed by atoms with Crippen LogP contribution in [-0.2, 0) is 20.2 Å². The van der Waals surface area contributed by atoms with Crippen molar-refractivity contribution >= 4 is 15.9 Å². The molecule has 1 amide bonds. The number of hydrogen-bond acceptors (Lipinski definition) is 4. The lowest BCUT2D eigenvalue weighted by Gasteiger charge is -2.41. The molecule has 1 unspecified atom stereocenters. The van der Waals surface area contributed by atoms with Gasteiger partial charge in [0.2, 0.25) is 15.9 Å². The van der Waals surface area contributed by atoms with E-state index in [0.717, 1.165) is 5.56 Å². The lowest BCUT2D eigenvalue weighted by molar-refractivity contribution is -0.129. The van der Waals surface area contributed by atoms with Gasteiger partial charge in [-0.15, -0.1) is 0 Å². The van der Waals surface area contributed by atoms with Crippen LogP contribution in [0.4, 0.5) is 4.39 Å². The van der Waals surface area contributed by atoms with E-state index in [0.29, 0.717) is 18.4 Å². The van der Waals surface area contributed by atoms with E-state index in [9.17, 15) is 17.6 Å². The van der Waals surface area contributed by atoms with Crippen molar-refractivity contribution in [3.63, 3.8) is 0 Å². The van der Waals surface area contributed by atoms with Crippen molar-refractivity contribution in [2.45, 2.75) is 38.1 Å². The molecule has 31 heavy (non-hydrogen) atoms. The second kappa shape index (κ2) is 9.36. The Morgan fingerprint density at radius 1 is 1.19 bits per heavy atom. The third-order valence-corrected chi connectivity index (χ3v) is 8.00. The molecule has 1 fully saturated rings. The molecular formula is C23H29FN2O4S. The topological polar surface area (TPSA) is 75.7 Å². The quantitative estimate of drug-likeness (QED) is 0.705. The van der Waals surface area contributed by atoms with Gasteiger partial charge in [-0.05, 0) is 49.9 Å². The SMILES string of the molecule is CCS(=O)(=O)N1CCC(C(=O)NC(C)c2ccc(OC)c(F)c2)(c2ccccc2)CC1. The number of carbonyl (C=O) groups excluding carboxylic acids is 1. The van der Waals surface area contributed by atoms with Gasteiger partial charge >= 0.3 is 0 Å². The Labute approximate surface area is 183 Å². The molecule has 168 valence electrons. The second-order valence-electron chi connectivity index (χ2n) is 7.84. The zero-order valence-corrected chi connectivity index (χ0v) is 18.9. The molecule has 0 radical (unpaired) electrons. The molecule has 1 aliphatic rings. The molecular weight excluding hydrogens is 419 g/mol. The van der Waals surface area contributed by atoms with Crippen LogP contribution in [0.1, 0.15) is 43.9 Å². The molecule has 1 atom stereocenters. The van der Waals surface area contributed by atoms with Crippen LogP contribution in [0.15, 0.2) is 48.5 Å². The number of piperidine rings is 1. The van der Waals surface area contributed by atoms with Gasteiger partial charge in [0.05, 0.1) is 24.3 Å². The Morgan fingerprint density at radius 2 is 1.84 bits per heavy atom. The summed E-state index contributed by atoms with van der Waals surface area (Å²) in [5, 5.41) is 3.02. The molecule has 0 spiro atoms. The fraction of sp³-hybridized carbons (Fsp3) is 0.435. The Balaban J connectivity index is 1.85. The Kier molecular flexibility index (Phi) is 7.01. The van der Waals surface area contributed by atoms with Gasteiger partial charge in [0.15, 0.2) is 11.6 Å². The van der Waals surface area contributed by atoms with Crippen LogP contribution in [0.2, 0.25) is 0 Å². The molecule has 6 nitrogen and oxygen atoms in total. The highest BCUT2D eigenvalue weighted by Gasteiger charge is 2.45. The first-order valence-electron chi connectivity index (χ1n) is 10.4. The van der Waals surface area contributed by atoms with Gasteiger partial charge in [0, 0.05) is 13.1 Å². The number of ether oxygens (including phenoxy) is 1. The molecule has 1 aliphatic heterocycles. The summed E-state index contributed by atoms with van der Waals surface area (Å²) in [7, 11) is -1.91. The fourth-order valence-electron chi connectivity index (χ4n) is 4.10. The van der Waals surface area contributed by atoms with Crippen LogP contribution in [0, 0.1) is 5.82 Å². The summed E-state index contributed by atoms with van der Waals surface area (Å²) in [6.07, 6.45) is 0.761. The highest BCUT2D eigenvalue weighted by Crippen LogP contribution is 2.37. The van der Waals surface area contributed by atoms with Gasteiger partial charge < -0.3 is 10.1 Å². The number of methoxy groups -OCH3 is 1. The van der Waals surface area contributed by atoms with E-state index in [1.807, 2.05) is 30.3 Å². The van der Waals surface area contributed by atoms with E-state index >= 15 is 0 Å². The van der Waals surface area contributed by atoms with Crippen LogP contribution < -0.4 is 10.1 Å². The number of carbonyl (C=O) groups is 1. The lowest BCUT2D eigenvalue weighted by atomic mass is 9.72. The van der Waals surface area contributed by atoms with Crippen molar-refractivity contribution in [3.05, 3.63) is 65.5 Å². The van der Waals surface area contributed by atoms with Crippen LogP contribution in [0.5, 0.6) is 5.75 Å². The van der Waals surface area contributed by atoms with Crippen molar-refractivity contribution in [2.24, 2.45) is 0 Å². The van der Waals surface area contributed by atoms with Crippen LogP contribution in [-0.4, -0.2) is 44.6 Å². The van der Waals surface area contributed by atoms with Crippen molar-refractivity contribution in [3.8, 4) is 5.75 Å². The molecule has 0 saturated carbocycles. The third-order valence-electron chi connectivity index (χ3n) is 6.12. The average Bonchev–Trinajstić information content (AvgIpc) is 2.79. The molecule has 0 bridgehead atoms. The van der Waals surface area contributed by atoms with E-state index in [4.69, 9.17) is 4.74 Å². The maximum absolute atomic E-state index is 14.1. The highest BCUT2D eigenvalue weighted by molar-refractivity contribution is 7.89. The monoisotopic (exact) mass is 448 g/mol. The summed E-state index contributed by atoms with van der Waals surface area (Å²) in [6.45, 7) is 3.99. The zero-order valence-electron chi connectivity index (χ0n) is 18.1. The summed E-state index contributed by atoms with van der Waals surface area (Å²) >= 11 is 0. The predicted molar refractivity (Wildman–Crippen MR) is 118 cm³/mol. The normalized spacial score (nSPS) is 17.7. The minimum Gasteiger partial charge on any atom is -0.494 e. The summed E-state index contributed by atoms with van der Waals surface area (Å²) in [5.74, 6) is -0.488. The highest BCUT2D eigenvalue weighted by atomic mass is 32.2. The van der Waals surface area contributed by atoms with Crippen LogP contribution in [0.3, 0.4) is 0 Å². The van der Waals surface area contributed by atoms with Crippen LogP contribution >= 0.6 is 0 Å². The van der Waals surface area contributed by atoms with Gasteiger partial charge in [-0.25, -0.2) is 17.1 Å². The number of benzene rings is 2. The lowest BCUT2D eigenvalue weighted by Crippen LogP contribution is -2.53. The minimum atomic E-state index is -3.31. The zero-order chi connectivity index (χ0) is 22.6. The number of amides is 1. The third kappa shape index (κ3) is 4.75. The van der Waals surface area contributed by atoms with Crippen molar-refractivity contribution in [2.75, 3.05) is 26.0 Å². The summed E-state index contributed by atoms with van der Waals surface area (Å²) < 4.78 is 45.2. The summed E-state index contributed by atoms with van der Waals surface area (Å²) in [5.41, 5.74) is 0.635. The molecule has 1 N–H and O–H groups in total. The van der Waals surface area contributed by atoms with Gasteiger partial charge in [0.25, 0.3) is 0 Å².